The van der Waals surface area contributed by atoms with Crippen molar-refractivity contribution >= 4 is 22.6 Å². The molecule has 0 fully saturated rings. The first-order chi connectivity index (χ1) is 8.22. The molecule has 17 heavy (non-hydrogen) atoms. The highest BCUT2D eigenvalue weighted by Gasteiger charge is 2.18. The molecule has 3 nitrogen and oxygen atoms in total. The first-order valence-electron chi connectivity index (χ1n) is 5.54. The molecular weight excluding hydrogens is 239 g/mol. The van der Waals surface area contributed by atoms with Gasteiger partial charge in [0.2, 0.25) is 0 Å². The van der Waals surface area contributed by atoms with E-state index >= 15 is 0 Å². The summed E-state index contributed by atoms with van der Waals surface area (Å²) in [5.74, 6) is 0.188. The molecule has 5 heteroatoms. The van der Waals surface area contributed by atoms with E-state index in [9.17, 15) is 4.39 Å². The van der Waals surface area contributed by atoms with Crippen molar-refractivity contribution in [2.24, 2.45) is 4.99 Å². The maximum atomic E-state index is 13.0. The summed E-state index contributed by atoms with van der Waals surface area (Å²) < 4.78 is 18.1. The summed E-state index contributed by atoms with van der Waals surface area (Å²) in [6.07, 6.45) is 1.10. The third-order valence-electron chi connectivity index (χ3n) is 2.58. The molecule has 1 atom stereocenters. The third kappa shape index (κ3) is 2.91. The van der Waals surface area contributed by atoms with Crippen LogP contribution in [-0.2, 0) is 0 Å². The Morgan fingerprint density at radius 3 is 3.06 bits per heavy atom. The second-order valence-electron chi connectivity index (χ2n) is 3.76. The van der Waals surface area contributed by atoms with E-state index in [2.05, 4.69) is 17.2 Å². The topological polar surface area (TPSA) is 33.6 Å². The minimum Gasteiger partial charge on any atom is -0.494 e. The molecule has 0 aliphatic carbocycles. The Hall–Kier alpha value is -1.23. The first kappa shape index (κ1) is 12.2. The molecule has 0 bridgehead atoms. The quantitative estimate of drug-likeness (QED) is 0.899. The van der Waals surface area contributed by atoms with E-state index < -0.39 is 0 Å². The predicted molar refractivity (Wildman–Crippen MR) is 70.5 cm³/mol. The fraction of sp³-hybridized carbons (Fsp3) is 0.417. The van der Waals surface area contributed by atoms with E-state index in [4.69, 9.17) is 4.74 Å². The molecule has 1 aliphatic rings. The van der Waals surface area contributed by atoms with E-state index in [1.807, 2.05) is 0 Å². The van der Waals surface area contributed by atoms with Gasteiger partial charge in [0, 0.05) is 11.3 Å². The summed E-state index contributed by atoms with van der Waals surface area (Å²) in [5.41, 5.74) is 0.747. The van der Waals surface area contributed by atoms with Crippen molar-refractivity contribution in [2.45, 2.75) is 18.6 Å². The maximum Gasteiger partial charge on any atom is 0.161 e. The zero-order chi connectivity index (χ0) is 12.3. The van der Waals surface area contributed by atoms with Crippen molar-refractivity contribution in [2.75, 3.05) is 19.0 Å². The van der Waals surface area contributed by atoms with Gasteiger partial charge in [0.25, 0.3) is 0 Å². The SMILES string of the molecule is CCC1CN=C(Nc2ccc(F)cc2OC)S1. The summed E-state index contributed by atoms with van der Waals surface area (Å²) in [7, 11) is 1.53. The van der Waals surface area contributed by atoms with Crippen molar-refractivity contribution < 1.29 is 9.13 Å². The Bertz CT molecular complexity index is 437. The lowest BCUT2D eigenvalue weighted by molar-refractivity contribution is 0.413. The van der Waals surface area contributed by atoms with Gasteiger partial charge in [-0.15, -0.1) is 0 Å². The minimum atomic E-state index is -0.306. The third-order valence-corrected chi connectivity index (χ3v) is 3.85. The molecule has 1 N–H and O–H groups in total. The van der Waals surface area contributed by atoms with Crippen molar-refractivity contribution in [3.63, 3.8) is 0 Å². The van der Waals surface area contributed by atoms with Gasteiger partial charge in [0.15, 0.2) is 5.17 Å². The van der Waals surface area contributed by atoms with Gasteiger partial charge in [0.1, 0.15) is 11.6 Å². The Kier molecular flexibility index (Phi) is 3.89. The van der Waals surface area contributed by atoms with Crippen LogP contribution in [0.1, 0.15) is 13.3 Å². The monoisotopic (exact) mass is 254 g/mol. The van der Waals surface area contributed by atoms with Gasteiger partial charge in [-0.25, -0.2) is 4.39 Å². The molecule has 0 aromatic heterocycles. The van der Waals surface area contributed by atoms with E-state index in [0.717, 1.165) is 23.8 Å². The predicted octanol–water partition coefficient (Wildman–Crippen LogP) is 3.13. The van der Waals surface area contributed by atoms with Crippen LogP contribution in [-0.4, -0.2) is 24.1 Å². The highest BCUT2D eigenvalue weighted by Crippen LogP contribution is 2.29. The Balaban J connectivity index is 2.09. The Morgan fingerprint density at radius 1 is 1.59 bits per heavy atom. The van der Waals surface area contributed by atoms with Crippen LogP contribution in [0.3, 0.4) is 0 Å². The molecule has 2 rings (SSSR count). The van der Waals surface area contributed by atoms with Gasteiger partial charge in [-0.1, -0.05) is 18.7 Å². The van der Waals surface area contributed by atoms with Crippen molar-refractivity contribution in [3.8, 4) is 5.75 Å². The van der Waals surface area contributed by atoms with E-state index in [0.29, 0.717) is 11.0 Å². The molecule has 0 amide bonds. The molecule has 1 heterocycles. The first-order valence-corrected chi connectivity index (χ1v) is 6.42. The highest BCUT2D eigenvalue weighted by atomic mass is 32.2. The van der Waals surface area contributed by atoms with Crippen LogP contribution in [0.5, 0.6) is 5.75 Å². The van der Waals surface area contributed by atoms with Crippen LogP contribution >= 0.6 is 11.8 Å². The maximum absolute atomic E-state index is 13.0. The number of ether oxygens (including phenoxy) is 1. The lowest BCUT2D eigenvalue weighted by Gasteiger charge is -2.11. The standard InChI is InChI=1S/C12H15FN2OS/c1-3-9-7-14-12(17-9)15-10-5-4-8(13)6-11(10)16-2/h4-6,9H,3,7H2,1-2H3,(H,14,15). The van der Waals surface area contributed by atoms with Gasteiger partial charge in [0.05, 0.1) is 19.3 Å². The van der Waals surface area contributed by atoms with Gasteiger partial charge in [-0.2, -0.15) is 0 Å². The minimum absolute atomic E-state index is 0.306. The van der Waals surface area contributed by atoms with E-state index in [1.165, 1.54) is 19.2 Å². The van der Waals surface area contributed by atoms with E-state index in [-0.39, 0.29) is 5.82 Å². The lowest BCUT2D eigenvalue weighted by Crippen LogP contribution is -2.08. The number of amidine groups is 1. The summed E-state index contributed by atoms with van der Waals surface area (Å²) >= 11 is 1.72. The van der Waals surface area contributed by atoms with Crippen LogP contribution in [0, 0.1) is 5.82 Å². The molecule has 0 spiro atoms. The molecular formula is C12H15FN2OS. The second kappa shape index (κ2) is 5.40. The number of hydrogen-bond acceptors (Lipinski definition) is 4. The lowest BCUT2D eigenvalue weighted by atomic mass is 10.3. The smallest absolute Gasteiger partial charge is 0.161 e. The molecule has 1 aliphatic heterocycles. The molecule has 92 valence electrons. The summed E-state index contributed by atoms with van der Waals surface area (Å²) in [4.78, 5) is 4.40. The van der Waals surface area contributed by atoms with E-state index in [1.54, 1.807) is 17.8 Å². The van der Waals surface area contributed by atoms with Gasteiger partial charge in [-0.3, -0.25) is 4.99 Å². The summed E-state index contributed by atoms with van der Waals surface area (Å²) in [6.45, 7) is 2.99. The fourth-order valence-electron chi connectivity index (χ4n) is 1.58. The summed E-state index contributed by atoms with van der Waals surface area (Å²) in [6, 6.07) is 4.43. The molecule has 0 saturated heterocycles. The van der Waals surface area contributed by atoms with Crippen LogP contribution in [0.15, 0.2) is 23.2 Å². The van der Waals surface area contributed by atoms with Crippen LogP contribution < -0.4 is 10.1 Å². The molecule has 0 radical (unpaired) electrons. The number of aliphatic imine (C=N–C) groups is 1. The number of rotatable bonds is 3. The van der Waals surface area contributed by atoms with Crippen molar-refractivity contribution in [1.82, 2.24) is 0 Å². The largest absolute Gasteiger partial charge is 0.494 e. The second-order valence-corrected chi connectivity index (χ2v) is 5.05. The van der Waals surface area contributed by atoms with Crippen LogP contribution in [0.25, 0.3) is 0 Å². The molecule has 1 unspecified atom stereocenters. The van der Waals surface area contributed by atoms with Crippen molar-refractivity contribution in [3.05, 3.63) is 24.0 Å². The Morgan fingerprint density at radius 2 is 2.41 bits per heavy atom. The van der Waals surface area contributed by atoms with Crippen LogP contribution in [0.4, 0.5) is 10.1 Å². The number of methoxy groups -OCH3 is 1. The average molecular weight is 254 g/mol. The normalized spacial score (nSPS) is 19.0. The number of nitrogens with one attached hydrogen (secondary N) is 1. The van der Waals surface area contributed by atoms with Crippen LogP contribution in [0.2, 0.25) is 0 Å². The summed E-state index contributed by atoms with van der Waals surface area (Å²) in [5, 5.41) is 4.60. The number of thioether (sulfide) groups is 1. The fourth-order valence-corrected chi connectivity index (χ4v) is 2.53. The van der Waals surface area contributed by atoms with Gasteiger partial charge in [-0.05, 0) is 18.6 Å². The van der Waals surface area contributed by atoms with Gasteiger partial charge >= 0.3 is 0 Å². The number of hydrogen-bond donors (Lipinski definition) is 1. The average Bonchev–Trinajstić information content (AvgIpc) is 2.79. The zero-order valence-corrected chi connectivity index (χ0v) is 10.7. The number of nitrogens with zero attached hydrogens (tertiary/aromatic N) is 1. The number of anilines is 1. The Labute approximate surface area is 104 Å². The number of halogens is 1. The van der Waals surface area contributed by atoms with Gasteiger partial charge < -0.3 is 10.1 Å². The zero-order valence-electron chi connectivity index (χ0n) is 9.87. The molecule has 0 saturated carbocycles. The number of benzene rings is 1. The van der Waals surface area contributed by atoms with Crippen molar-refractivity contribution in [1.29, 1.82) is 0 Å². The molecule has 1 aromatic rings. The highest BCUT2D eigenvalue weighted by molar-refractivity contribution is 8.15. The molecule has 1 aromatic carbocycles.